The zero-order valence-electron chi connectivity index (χ0n) is 13.1. The van der Waals surface area contributed by atoms with Crippen LogP contribution in [-0.2, 0) is 0 Å². The molecular formula is C19H16FN3O. The Morgan fingerprint density at radius 2 is 1.83 bits per heavy atom. The van der Waals surface area contributed by atoms with E-state index in [1.807, 2.05) is 31.2 Å². The van der Waals surface area contributed by atoms with Gasteiger partial charge in [-0.05, 0) is 55.0 Å². The average molecular weight is 321 g/mol. The van der Waals surface area contributed by atoms with E-state index < -0.39 is 5.82 Å². The lowest BCUT2D eigenvalue weighted by molar-refractivity contribution is 0.102. The van der Waals surface area contributed by atoms with Crippen molar-refractivity contribution in [3.05, 3.63) is 83.8 Å². The molecule has 1 heterocycles. The molecule has 0 aliphatic carbocycles. The molecule has 5 heteroatoms. The van der Waals surface area contributed by atoms with Crippen molar-refractivity contribution in [1.82, 2.24) is 4.98 Å². The van der Waals surface area contributed by atoms with Gasteiger partial charge in [-0.25, -0.2) is 9.37 Å². The summed E-state index contributed by atoms with van der Waals surface area (Å²) in [5.74, 6) is -0.154. The van der Waals surface area contributed by atoms with Gasteiger partial charge < -0.3 is 10.6 Å². The molecule has 1 amide bonds. The minimum absolute atomic E-state index is 0.261. The van der Waals surface area contributed by atoms with Crippen LogP contribution in [0.15, 0.2) is 66.9 Å². The normalized spacial score (nSPS) is 10.2. The van der Waals surface area contributed by atoms with Crippen molar-refractivity contribution in [3.63, 3.8) is 0 Å². The summed E-state index contributed by atoms with van der Waals surface area (Å²) in [6, 6.07) is 17.0. The molecule has 1 aromatic heterocycles. The van der Waals surface area contributed by atoms with Gasteiger partial charge in [-0.3, -0.25) is 4.79 Å². The van der Waals surface area contributed by atoms with Crippen LogP contribution < -0.4 is 10.6 Å². The average Bonchev–Trinajstić information content (AvgIpc) is 2.57. The van der Waals surface area contributed by atoms with Crippen LogP contribution in [0.3, 0.4) is 0 Å². The summed E-state index contributed by atoms with van der Waals surface area (Å²) in [5.41, 5.74) is 2.90. The number of rotatable bonds is 4. The van der Waals surface area contributed by atoms with Crippen LogP contribution in [0.4, 0.5) is 21.6 Å². The number of pyridine rings is 1. The maximum absolute atomic E-state index is 13.2. The minimum Gasteiger partial charge on any atom is -0.340 e. The van der Waals surface area contributed by atoms with E-state index in [0.717, 1.165) is 11.3 Å². The number of halogens is 1. The molecule has 0 aliphatic heterocycles. The van der Waals surface area contributed by atoms with Gasteiger partial charge in [0.25, 0.3) is 5.91 Å². The van der Waals surface area contributed by atoms with Gasteiger partial charge in [-0.15, -0.1) is 0 Å². The molecule has 0 unspecified atom stereocenters. The fourth-order valence-corrected chi connectivity index (χ4v) is 2.25. The van der Waals surface area contributed by atoms with Gasteiger partial charge in [0.05, 0.1) is 11.9 Å². The highest BCUT2D eigenvalue weighted by atomic mass is 19.1. The van der Waals surface area contributed by atoms with E-state index >= 15 is 0 Å². The summed E-state index contributed by atoms with van der Waals surface area (Å²) in [7, 11) is 0. The van der Waals surface area contributed by atoms with Crippen molar-refractivity contribution in [1.29, 1.82) is 0 Å². The maximum Gasteiger partial charge on any atom is 0.255 e. The summed E-state index contributed by atoms with van der Waals surface area (Å²) < 4.78 is 13.2. The minimum atomic E-state index is -0.446. The number of nitrogens with zero attached hydrogens (tertiary/aromatic N) is 1. The predicted molar refractivity (Wildman–Crippen MR) is 93.1 cm³/mol. The third-order valence-electron chi connectivity index (χ3n) is 3.40. The molecule has 120 valence electrons. The number of anilines is 3. The fourth-order valence-electron chi connectivity index (χ4n) is 2.25. The van der Waals surface area contributed by atoms with E-state index in [1.54, 1.807) is 24.4 Å². The van der Waals surface area contributed by atoms with Gasteiger partial charge in [0.15, 0.2) is 0 Å². The summed E-state index contributed by atoms with van der Waals surface area (Å²) in [4.78, 5) is 16.3. The van der Waals surface area contributed by atoms with Gasteiger partial charge in [-0.2, -0.15) is 0 Å². The molecule has 0 spiro atoms. The molecule has 4 nitrogen and oxygen atoms in total. The number of amides is 1. The summed E-state index contributed by atoms with van der Waals surface area (Å²) in [6.45, 7) is 2.02. The Labute approximate surface area is 139 Å². The third-order valence-corrected chi connectivity index (χ3v) is 3.40. The summed E-state index contributed by atoms with van der Waals surface area (Å²) in [6.07, 6.45) is 1.55. The van der Waals surface area contributed by atoms with E-state index in [2.05, 4.69) is 15.6 Å². The van der Waals surface area contributed by atoms with Crippen LogP contribution in [0.2, 0.25) is 0 Å². The predicted octanol–water partition coefficient (Wildman–Crippen LogP) is 4.53. The van der Waals surface area contributed by atoms with Gasteiger partial charge in [0.2, 0.25) is 0 Å². The molecule has 0 fully saturated rings. The molecule has 3 aromatic rings. The molecular weight excluding hydrogens is 305 g/mol. The molecule has 0 saturated heterocycles. The molecule has 3 rings (SSSR count). The molecule has 0 saturated carbocycles. The number of carbonyl (C=O) groups excluding carboxylic acids is 1. The third kappa shape index (κ3) is 3.95. The largest absolute Gasteiger partial charge is 0.340 e. The highest BCUT2D eigenvalue weighted by molar-refractivity contribution is 6.04. The topological polar surface area (TPSA) is 54.0 Å². The number of benzene rings is 2. The molecule has 0 aliphatic rings. The molecule has 0 radical (unpaired) electrons. The first kappa shape index (κ1) is 15.7. The first-order valence-electron chi connectivity index (χ1n) is 7.47. The SMILES string of the molecule is Cc1cccc(Nc2ccc(NC(=O)c3cccc(F)c3)cn2)c1. The lowest BCUT2D eigenvalue weighted by atomic mass is 10.2. The highest BCUT2D eigenvalue weighted by Crippen LogP contribution is 2.17. The number of aromatic nitrogens is 1. The van der Waals surface area contributed by atoms with Crippen LogP contribution in [0.5, 0.6) is 0 Å². The molecule has 2 aromatic carbocycles. The van der Waals surface area contributed by atoms with E-state index in [9.17, 15) is 9.18 Å². The Morgan fingerprint density at radius 3 is 2.54 bits per heavy atom. The zero-order chi connectivity index (χ0) is 16.9. The van der Waals surface area contributed by atoms with Crippen LogP contribution >= 0.6 is 0 Å². The maximum atomic E-state index is 13.2. The van der Waals surface area contributed by atoms with E-state index in [4.69, 9.17) is 0 Å². The van der Waals surface area contributed by atoms with Gasteiger partial charge in [0, 0.05) is 11.3 Å². The zero-order valence-corrected chi connectivity index (χ0v) is 13.1. The van der Waals surface area contributed by atoms with E-state index in [1.165, 1.54) is 18.2 Å². The van der Waals surface area contributed by atoms with Crippen molar-refractivity contribution < 1.29 is 9.18 Å². The van der Waals surface area contributed by atoms with Crippen LogP contribution in [-0.4, -0.2) is 10.9 Å². The Hall–Kier alpha value is -3.21. The quantitative estimate of drug-likeness (QED) is 0.742. The second-order valence-corrected chi connectivity index (χ2v) is 5.39. The Balaban J connectivity index is 1.67. The van der Waals surface area contributed by atoms with Crippen LogP contribution in [0.25, 0.3) is 0 Å². The highest BCUT2D eigenvalue weighted by Gasteiger charge is 2.07. The summed E-state index contributed by atoms with van der Waals surface area (Å²) >= 11 is 0. The monoisotopic (exact) mass is 321 g/mol. The lowest BCUT2D eigenvalue weighted by Gasteiger charge is -2.08. The van der Waals surface area contributed by atoms with E-state index in [-0.39, 0.29) is 11.5 Å². The van der Waals surface area contributed by atoms with Gasteiger partial charge in [-0.1, -0.05) is 18.2 Å². The fraction of sp³-hybridized carbons (Fsp3) is 0.0526. The van der Waals surface area contributed by atoms with Crippen molar-refractivity contribution in [2.45, 2.75) is 6.92 Å². The molecule has 2 N–H and O–H groups in total. The van der Waals surface area contributed by atoms with Crippen molar-refractivity contribution in [3.8, 4) is 0 Å². The van der Waals surface area contributed by atoms with Crippen molar-refractivity contribution in [2.75, 3.05) is 10.6 Å². The Kier molecular flexibility index (Phi) is 4.52. The number of carbonyl (C=O) groups is 1. The van der Waals surface area contributed by atoms with Crippen LogP contribution in [0, 0.1) is 12.7 Å². The van der Waals surface area contributed by atoms with Crippen molar-refractivity contribution >= 4 is 23.1 Å². The lowest BCUT2D eigenvalue weighted by Crippen LogP contribution is -2.12. The van der Waals surface area contributed by atoms with E-state index in [0.29, 0.717) is 11.5 Å². The van der Waals surface area contributed by atoms with Gasteiger partial charge >= 0.3 is 0 Å². The number of aryl methyl sites for hydroxylation is 1. The first-order valence-corrected chi connectivity index (χ1v) is 7.47. The molecule has 24 heavy (non-hydrogen) atoms. The first-order chi connectivity index (χ1) is 11.6. The molecule has 0 atom stereocenters. The number of hydrogen-bond donors (Lipinski definition) is 2. The second-order valence-electron chi connectivity index (χ2n) is 5.39. The Bertz CT molecular complexity index is 862. The number of nitrogens with one attached hydrogen (secondary N) is 2. The van der Waals surface area contributed by atoms with Crippen LogP contribution in [0.1, 0.15) is 15.9 Å². The Morgan fingerprint density at radius 1 is 1.00 bits per heavy atom. The smallest absolute Gasteiger partial charge is 0.255 e. The summed E-state index contributed by atoms with van der Waals surface area (Å²) in [5, 5.41) is 5.88. The standard InChI is InChI=1S/C19H16FN3O/c1-13-4-2-7-16(10-13)22-18-9-8-17(12-21-18)23-19(24)14-5-3-6-15(20)11-14/h2-12H,1H3,(H,21,22)(H,23,24). The van der Waals surface area contributed by atoms with Crippen molar-refractivity contribution in [2.24, 2.45) is 0 Å². The second kappa shape index (κ2) is 6.91. The molecule has 0 bridgehead atoms. The number of hydrogen-bond acceptors (Lipinski definition) is 3. The van der Waals surface area contributed by atoms with Gasteiger partial charge in [0.1, 0.15) is 11.6 Å².